The molecule has 0 saturated carbocycles. The molecule has 1 fully saturated rings. The van der Waals surface area contributed by atoms with Crippen LogP contribution in [0.3, 0.4) is 0 Å². The summed E-state index contributed by atoms with van der Waals surface area (Å²) in [5, 5.41) is 6.51. The van der Waals surface area contributed by atoms with Crippen LogP contribution in [0.1, 0.15) is 25.3 Å². The highest BCUT2D eigenvalue weighted by molar-refractivity contribution is 7.90. The maximum absolute atomic E-state index is 11.2. The molecule has 2 rings (SSSR count). The fourth-order valence-electron chi connectivity index (χ4n) is 3.15. The molecule has 2 atom stereocenters. The van der Waals surface area contributed by atoms with E-state index in [0.717, 1.165) is 25.9 Å². The van der Waals surface area contributed by atoms with Crippen LogP contribution in [0.2, 0.25) is 0 Å². The Morgan fingerprint density at radius 2 is 2.04 bits per heavy atom. The molecule has 0 radical (unpaired) electrons. The Balaban J connectivity index is 1.79. The van der Waals surface area contributed by atoms with Crippen LogP contribution in [-0.2, 0) is 16.4 Å². The number of piperidine rings is 1. The topological polar surface area (TPSA) is 73.8 Å². The van der Waals surface area contributed by atoms with Crippen molar-refractivity contribution in [2.24, 2.45) is 4.99 Å². The molecular formula is C18H30N4O2S. The summed E-state index contributed by atoms with van der Waals surface area (Å²) < 4.78 is 22.4. The predicted molar refractivity (Wildman–Crippen MR) is 104 cm³/mol. The van der Waals surface area contributed by atoms with Crippen LogP contribution in [0, 0.1) is 0 Å². The summed E-state index contributed by atoms with van der Waals surface area (Å²) in [6.45, 7) is 4.65. The van der Waals surface area contributed by atoms with Gasteiger partial charge in [0.25, 0.3) is 0 Å². The highest BCUT2D eigenvalue weighted by Crippen LogP contribution is 2.19. The second kappa shape index (κ2) is 9.20. The Hall–Kier alpha value is -1.60. The van der Waals surface area contributed by atoms with Crippen molar-refractivity contribution < 1.29 is 8.42 Å². The molecule has 1 aromatic carbocycles. The average molecular weight is 367 g/mol. The zero-order chi connectivity index (χ0) is 18.3. The van der Waals surface area contributed by atoms with Gasteiger partial charge >= 0.3 is 0 Å². The van der Waals surface area contributed by atoms with Crippen molar-refractivity contribution in [3.8, 4) is 0 Å². The number of guanidine groups is 1. The summed E-state index contributed by atoms with van der Waals surface area (Å²) in [6, 6.07) is 11.4. The first-order chi connectivity index (χ1) is 11.9. The Kier molecular flexibility index (Phi) is 7.25. The van der Waals surface area contributed by atoms with Crippen LogP contribution in [0.5, 0.6) is 0 Å². The van der Waals surface area contributed by atoms with Crippen LogP contribution in [0.15, 0.2) is 35.3 Å². The summed E-state index contributed by atoms with van der Waals surface area (Å²) in [4.78, 5) is 6.71. The number of nitrogens with one attached hydrogen (secondary N) is 2. The first kappa shape index (κ1) is 19.7. The third-order valence-electron chi connectivity index (χ3n) is 4.57. The third-order valence-corrected chi connectivity index (χ3v) is 5.52. The van der Waals surface area contributed by atoms with Gasteiger partial charge in [-0.2, -0.15) is 0 Å². The van der Waals surface area contributed by atoms with Crippen LogP contribution in [-0.4, -0.2) is 63.5 Å². The van der Waals surface area contributed by atoms with Gasteiger partial charge in [-0.05, 0) is 25.3 Å². The first-order valence-electron chi connectivity index (χ1n) is 8.80. The minimum absolute atomic E-state index is 0.111. The normalized spacial score (nSPS) is 22.6. The van der Waals surface area contributed by atoms with E-state index in [-0.39, 0.29) is 5.75 Å². The van der Waals surface area contributed by atoms with Crippen molar-refractivity contribution in [1.29, 1.82) is 0 Å². The lowest BCUT2D eigenvalue weighted by Gasteiger charge is -2.38. The number of rotatable bonds is 6. The van der Waals surface area contributed by atoms with Crippen LogP contribution in [0.25, 0.3) is 0 Å². The van der Waals surface area contributed by atoms with Crippen molar-refractivity contribution in [1.82, 2.24) is 15.5 Å². The number of hydrogen-bond acceptors (Lipinski definition) is 4. The third kappa shape index (κ3) is 7.04. The number of hydrogen-bond donors (Lipinski definition) is 2. The molecule has 25 heavy (non-hydrogen) atoms. The first-order valence-corrected chi connectivity index (χ1v) is 10.9. The van der Waals surface area contributed by atoms with Gasteiger partial charge in [-0.3, -0.25) is 9.89 Å². The lowest BCUT2D eigenvalue weighted by atomic mass is 9.97. The lowest BCUT2D eigenvalue weighted by molar-refractivity contribution is 0.134. The van der Waals surface area contributed by atoms with Gasteiger partial charge in [0.05, 0.1) is 5.75 Å². The minimum Gasteiger partial charge on any atom is -0.355 e. The summed E-state index contributed by atoms with van der Waals surface area (Å²) in [6.07, 6.45) is 3.33. The summed E-state index contributed by atoms with van der Waals surface area (Å²) in [5.74, 6) is 0.789. The number of nitrogens with zero attached hydrogens (tertiary/aromatic N) is 2. The van der Waals surface area contributed by atoms with E-state index in [1.165, 1.54) is 11.8 Å². The number of sulfone groups is 1. The number of aliphatic imine (C=N–C) groups is 1. The largest absolute Gasteiger partial charge is 0.355 e. The molecule has 6 nitrogen and oxygen atoms in total. The quantitative estimate of drug-likeness (QED) is 0.585. The fraction of sp³-hybridized carbons (Fsp3) is 0.611. The van der Waals surface area contributed by atoms with Gasteiger partial charge in [-0.25, -0.2) is 8.42 Å². The highest BCUT2D eigenvalue weighted by Gasteiger charge is 2.25. The van der Waals surface area contributed by atoms with E-state index in [1.807, 2.05) is 6.07 Å². The molecule has 2 N–H and O–H groups in total. The minimum atomic E-state index is -2.96. The van der Waals surface area contributed by atoms with Gasteiger partial charge in [0.1, 0.15) is 9.84 Å². The molecule has 2 unspecified atom stereocenters. The molecule has 1 aliphatic rings. The predicted octanol–water partition coefficient (Wildman–Crippen LogP) is 1.25. The van der Waals surface area contributed by atoms with E-state index >= 15 is 0 Å². The molecule has 0 amide bonds. The number of benzene rings is 1. The zero-order valence-corrected chi connectivity index (χ0v) is 16.2. The van der Waals surface area contributed by atoms with E-state index < -0.39 is 9.84 Å². The van der Waals surface area contributed by atoms with Crippen molar-refractivity contribution in [3.63, 3.8) is 0 Å². The second-order valence-electron chi connectivity index (χ2n) is 6.80. The smallest absolute Gasteiger partial charge is 0.191 e. The van der Waals surface area contributed by atoms with E-state index in [9.17, 15) is 8.42 Å². The SMILES string of the molecule is CN=C(NCCS(C)(=O)=O)NC1CCN(Cc2ccccc2)C(C)C1. The molecule has 0 aliphatic carbocycles. The monoisotopic (exact) mass is 366 g/mol. The Morgan fingerprint density at radius 1 is 1.32 bits per heavy atom. The van der Waals surface area contributed by atoms with E-state index in [4.69, 9.17) is 0 Å². The standard InChI is InChI=1S/C18H30N4O2S/c1-15-13-17(21-18(19-2)20-10-12-25(3,23)24)9-11-22(15)14-16-7-5-4-6-8-16/h4-8,15,17H,9-14H2,1-3H3,(H2,19,20,21). The molecule has 1 heterocycles. The van der Waals surface area contributed by atoms with Crippen molar-refractivity contribution >= 4 is 15.8 Å². The molecule has 7 heteroatoms. The Labute approximate surface area is 151 Å². The fourth-order valence-corrected chi connectivity index (χ4v) is 3.62. The Bertz CT molecular complexity index is 661. The van der Waals surface area contributed by atoms with Crippen LogP contribution >= 0.6 is 0 Å². The van der Waals surface area contributed by atoms with Gasteiger partial charge in [0.2, 0.25) is 0 Å². The molecule has 0 aromatic heterocycles. The van der Waals surface area contributed by atoms with Gasteiger partial charge in [-0.15, -0.1) is 0 Å². The molecule has 1 aliphatic heterocycles. The molecule has 1 saturated heterocycles. The van der Waals surface area contributed by atoms with Gasteiger partial charge < -0.3 is 10.6 Å². The van der Waals surface area contributed by atoms with E-state index in [1.54, 1.807) is 7.05 Å². The summed E-state index contributed by atoms with van der Waals surface area (Å²) >= 11 is 0. The van der Waals surface area contributed by atoms with Crippen LogP contribution < -0.4 is 10.6 Å². The van der Waals surface area contributed by atoms with Crippen molar-refractivity contribution in [2.75, 3.05) is 32.1 Å². The van der Waals surface area contributed by atoms with Crippen molar-refractivity contribution in [2.45, 2.75) is 38.4 Å². The van der Waals surface area contributed by atoms with Gasteiger partial charge in [0.15, 0.2) is 5.96 Å². The molecular weight excluding hydrogens is 336 g/mol. The number of likely N-dealkylation sites (tertiary alicyclic amines) is 1. The summed E-state index contributed by atoms with van der Waals surface area (Å²) in [7, 11) is -1.25. The van der Waals surface area contributed by atoms with E-state index in [0.29, 0.717) is 24.6 Å². The van der Waals surface area contributed by atoms with E-state index in [2.05, 4.69) is 51.7 Å². The molecule has 140 valence electrons. The molecule has 1 aromatic rings. The van der Waals surface area contributed by atoms with Crippen LogP contribution in [0.4, 0.5) is 0 Å². The molecule has 0 bridgehead atoms. The second-order valence-corrected chi connectivity index (χ2v) is 9.06. The maximum atomic E-state index is 11.2. The lowest BCUT2D eigenvalue weighted by Crippen LogP contribution is -2.51. The maximum Gasteiger partial charge on any atom is 0.191 e. The summed E-state index contributed by atoms with van der Waals surface area (Å²) in [5.41, 5.74) is 1.35. The van der Waals surface area contributed by atoms with Gasteiger partial charge in [0, 0.05) is 45.0 Å². The van der Waals surface area contributed by atoms with Gasteiger partial charge in [-0.1, -0.05) is 30.3 Å². The zero-order valence-electron chi connectivity index (χ0n) is 15.4. The van der Waals surface area contributed by atoms with Crippen molar-refractivity contribution in [3.05, 3.63) is 35.9 Å². The highest BCUT2D eigenvalue weighted by atomic mass is 32.2. The average Bonchev–Trinajstić information content (AvgIpc) is 2.56. The Morgan fingerprint density at radius 3 is 2.64 bits per heavy atom. The molecule has 0 spiro atoms.